The van der Waals surface area contributed by atoms with Crippen molar-refractivity contribution in [2.24, 2.45) is 0 Å². The average molecular weight is 220 g/mol. The first-order valence-corrected chi connectivity index (χ1v) is 5.78. The number of hydrogen-bond donors (Lipinski definition) is 0. The summed E-state index contributed by atoms with van der Waals surface area (Å²) in [6.45, 7) is 6.26. The van der Waals surface area contributed by atoms with Crippen LogP contribution in [0.15, 0.2) is 24.3 Å². The van der Waals surface area contributed by atoms with E-state index in [1.54, 1.807) is 0 Å². The highest BCUT2D eigenvalue weighted by Gasteiger charge is 2.09. The van der Waals surface area contributed by atoms with Gasteiger partial charge in [0.2, 0.25) is 0 Å². The number of ether oxygens (including phenoxy) is 2. The average Bonchev–Trinajstić information content (AvgIpc) is 2.37. The number of nitrogens with zero attached hydrogens (tertiary/aromatic N) is 1. The molecule has 1 radical (unpaired) electrons. The molecule has 0 atom stereocenters. The Balaban J connectivity index is 1.58. The molecule has 16 heavy (non-hydrogen) atoms. The molecule has 0 amide bonds. The molecule has 0 unspecified atom stereocenters. The lowest BCUT2D eigenvalue weighted by Crippen LogP contribution is -2.38. The SMILES string of the molecule is [c]1ccc(COCCN2CCOCC2)cc1. The maximum atomic E-state index is 5.63. The van der Waals surface area contributed by atoms with Gasteiger partial charge in [0.15, 0.2) is 0 Å². The number of morpholine rings is 1. The molecular formula is C13H18NO2. The number of hydrogen-bond acceptors (Lipinski definition) is 3. The fourth-order valence-corrected chi connectivity index (χ4v) is 1.73. The maximum Gasteiger partial charge on any atom is 0.0717 e. The van der Waals surface area contributed by atoms with Crippen molar-refractivity contribution in [3.63, 3.8) is 0 Å². The van der Waals surface area contributed by atoms with Crippen molar-refractivity contribution >= 4 is 0 Å². The van der Waals surface area contributed by atoms with E-state index in [9.17, 15) is 0 Å². The molecule has 0 aliphatic carbocycles. The third-order valence-electron chi connectivity index (χ3n) is 2.71. The summed E-state index contributed by atoms with van der Waals surface area (Å²) in [5.74, 6) is 0. The van der Waals surface area contributed by atoms with E-state index < -0.39 is 0 Å². The van der Waals surface area contributed by atoms with Gasteiger partial charge in [-0.25, -0.2) is 0 Å². The fourth-order valence-electron chi connectivity index (χ4n) is 1.73. The van der Waals surface area contributed by atoms with Crippen molar-refractivity contribution in [1.29, 1.82) is 0 Å². The molecule has 1 aromatic rings. The van der Waals surface area contributed by atoms with Crippen LogP contribution < -0.4 is 0 Å². The van der Waals surface area contributed by atoms with Crippen LogP contribution in [-0.4, -0.2) is 44.4 Å². The quantitative estimate of drug-likeness (QED) is 0.699. The van der Waals surface area contributed by atoms with Crippen LogP contribution in [0.5, 0.6) is 0 Å². The van der Waals surface area contributed by atoms with Crippen molar-refractivity contribution < 1.29 is 9.47 Å². The zero-order valence-electron chi connectivity index (χ0n) is 9.52. The summed E-state index contributed by atoms with van der Waals surface area (Å²) in [6, 6.07) is 10.9. The maximum absolute atomic E-state index is 5.63. The summed E-state index contributed by atoms with van der Waals surface area (Å²) in [7, 11) is 0. The van der Waals surface area contributed by atoms with Crippen LogP contribution in [0.4, 0.5) is 0 Å². The summed E-state index contributed by atoms with van der Waals surface area (Å²) in [5, 5.41) is 0. The van der Waals surface area contributed by atoms with Gasteiger partial charge < -0.3 is 9.47 Å². The van der Waals surface area contributed by atoms with Crippen LogP contribution in [-0.2, 0) is 16.1 Å². The smallest absolute Gasteiger partial charge is 0.0717 e. The van der Waals surface area contributed by atoms with E-state index in [1.165, 1.54) is 5.56 Å². The minimum absolute atomic E-state index is 0.693. The second-order valence-corrected chi connectivity index (χ2v) is 3.91. The largest absolute Gasteiger partial charge is 0.379 e. The summed E-state index contributed by atoms with van der Waals surface area (Å²) >= 11 is 0. The molecule has 0 saturated carbocycles. The molecule has 0 bridgehead atoms. The van der Waals surface area contributed by atoms with Gasteiger partial charge in [-0.15, -0.1) is 0 Å². The molecule has 3 nitrogen and oxygen atoms in total. The Kier molecular flexibility index (Phi) is 4.80. The van der Waals surface area contributed by atoms with Crippen LogP contribution in [0.2, 0.25) is 0 Å². The molecule has 0 aromatic heterocycles. The predicted octanol–water partition coefficient (Wildman–Crippen LogP) is 1.34. The van der Waals surface area contributed by atoms with Gasteiger partial charge in [-0.1, -0.05) is 24.3 Å². The van der Waals surface area contributed by atoms with Crippen LogP contribution in [0, 0.1) is 6.07 Å². The Bertz CT molecular complexity index is 283. The Morgan fingerprint density at radius 2 is 2.00 bits per heavy atom. The highest BCUT2D eigenvalue weighted by molar-refractivity contribution is 5.12. The van der Waals surface area contributed by atoms with Gasteiger partial charge in [0.1, 0.15) is 0 Å². The van der Waals surface area contributed by atoms with Crippen molar-refractivity contribution in [2.75, 3.05) is 39.5 Å². The third kappa shape index (κ3) is 3.93. The first-order valence-electron chi connectivity index (χ1n) is 5.78. The molecule has 87 valence electrons. The zero-order chi connectivity index (χ0) is 11.1. The van der Waals surface area contributed by atoms with Gasteiger partial charge in [-0.05, 0) is 11.6 Å². The number of rotatable bonds is 5. The van der Waals surface area contributed by atoms with Crippen molar-refractivity contribution in [2.45, 2.75) is 6.61 Å². The van der Waals surface area contributed by atoms with Crippen LogP contribution in [0.25, 0.3) is 0 Å². The fraction of sp³-hybridized carbons (Fsp3) is 0.538. The first kappa shape index (κ1) is 11.6. The van der Waals surface area contributed by atoms with E-state index in [4.69, 9.17) is 9.47 Å². The molecule has 1 saturated heterocycles. The van der Waals surface area contributed by atoms with E-state index in [0.29, 0.717) is 6.61 Å². The van der Waals surface area contributed by atoms with E-state index in [0.717, 1.165) is 39.5 Å². The summed E-state index contributed by atoms with van der Waals surface area (Å²) in [6.07, 6.45) is 0. The monoisotopic (exact) mass is 220 g/mol. The minimum atomic E-state index is 0.693. The standard InChI is InChI=1S/C13H18NO2/c1-2-4-13(5-3-1)12-16-11-8-14-6-9-15-10-7-14/h2-5H,6-12H2. The van der Waals surface area contributed by atoms with Crippen LogP contribution >= 0.6 is 0 Å². The summed E-state index contributed by atoms with van der Waals surface area (Å²) in [4.78, 5) is 2.38. The third-order valence-corrected chi connectivity index (χ3v) is 2.71. The minimum Gasteiger partial charge on any atom is -0.379 e. The Hall–Kier alpha value is -0.900. The second kappa shape index (κ2) is 6.63. The van der Waals surface area contributed by atoms with Gasteiger partial charge in [-0.3, -0.25) is 4.90 Å². The van der Waals surface area contributed by atoms with Gasteiger partial charge in [-0.2, -0.15) is 0 Å². The summed E-state index contributed by atoms with van der Waals surface area (Å²) < 4.78 is 10.9. The van der Waals surface area contributed by atoms with Crippen molar-refractivity contribution in [1.82, 2.24) is 4.90 Å². The molecule has 1 heterocycles. The van der Waals surface area contributed by atoms with E-state index in [1.807, 2.05) is 24.3 Å². The van der Waals surface area contributed by atoms with Gasteiger partial charge >= 0.3 is 0 Å². The molecule has 1 aliphatic rings. The summed E-state index contributed by atoms with van der Waals surface area (Å²) in [5.41, 5.74) is 1.21. The Labute approximate surface area is 97.0 Å². The lowest BCUT2D eigenvalue weighted by atomic mass is 10.2. The molecule has 1 aromatic carbocycles. The van der Waals surface area contributed by atoms with E-state index >= 15 is 0 Å². The first-order chi connectivity index (χ1) is 7.95. The van der Waals surface area contributed by atoms with Crippen molar-refractivity contribution in [3.05, 3.63) is 35.9 Å². The van der Waals surface area contributed by atoms with Crippen LogP contribution in [0.1, 0.15) is 5.56 Å². The van der Waals surface area contributed by atoms with E-state index in [2.05, 4.69) is 11.0 Å². The highest BCUT2D eigenvalue weighted by atomic mass is 16.5. The lowest BCUT2D eigenvalue weighted by Gasteiger charge is -2.26. The van der Waals surface area contributed by atoms with Gasteiger partial charge in [0, 0.05) is 19.6 Å². The van der Waals surface area contributed by atoms with E-state index in [-0.39, 0.29) is 0 Å². The topological polar surface area (TPSA) is 21.7 Å². The Morgan fingerprint density at radius 3 is 2.75 bits per heavy atom. The highest BCUT2D eigenvalue weighted by Crippen LogP contribution is 2.01. The van der Waals surface area contributed by atoms with Gasteiger partial charge in [0.25, 0.3) is 0 Å². The molecule has 2 rings (SSSR count). The second-order valence-electron chi connectivity index (χ2n) is 3.91. The normalized spacial score (nSPS) is 17.5. The van der Waals surface area contributed by atoms with Crippen molar-refractivity contribution in [3.8, 4) is 0 Å². The van der Waals surface area contributed by atoms with Gasteiger partial charge in [0.05, 0.1) is 26.4 Å². The molecular weight excluding hydrogens is 202 g/mol. The molecule has 0 N–H and O–H groups in total. The lowest BCUT2D eigenvalue weighted by molar-refractivity contribution is 0.0180. The predicted molar refractivity (Wildman–Crippen MR) is 62.2 cm³/mol. The number of benzene rings is 1. The molecule has 1 fully saturated rings. The van der Waals surface area contributed by atoms with Crippen LogP contribution in [0.3, 0.4) is 0 Å². The molecule has 0 spiro atoms. The molecule has 1 aliphatic heterocycles. The Morgan fingerprint density at radius 1 is 1.25 bits per heavy atom. The molecule has 3 heteroatoms. The zero-order valence-corrected chi connectivity index (χ0v) is 9.52.